The highest BCUT2D eigenvalue weighted by molar-refractivity contribution is 6.10. The van der Waals surface area contributed by atoms with Gasteiger partial charge in [0, 0.05) is 19.0 Å². The Bertz CT molecular complexity index is 643. The van der Waals surface area contributed by atoms with Gasteiger partial charge >= 0.3 is 0 Å². The minimum Gasteiger partial charge on any atom is -0.441 e. The second-order valence-corrected chi connectivity index (χ2v) is 4.27. The van der Waals surface area contributed by atoms with E-state index in [-0.39, 0.29) is 5.78 Å². The molecule has 0 bridgehead atoms. The van der Waals surface area contributed by atoms with E-state index in [1.807, 2.05) is 0 Å². The molecule has 2 heterocycles. The van der Waals surface area contributed by atoms with Crippen molar-refractivity contribution in [1.82, 2.24) is 10.3 Å². The average Bonchev–Trinajstić information content (AvgIpc) is 2.95. The van der Waals surface area contributed by atoms with Crippen molar-refractivity contribution in [3.05, 3.63) is 29.7 Å². The predicted molar refractivity (Wildman–Crippen MR) is 68.0 cm³/mol. The Morgan fingerprint density at radius 3 is 3.17 bits per heavy atom. The van der Waals surface area contributed by atoms with Crippen molar-refractivity contribution in [2.75, 3.05) is 13.1 Å². The largest absolute Gasteiger partial charge is 0.441 e. The second-order valence-electron chi connectivity index (χ2n) is 4.27. The number of oxazole rings is 1. The second kappa shape index (κ2) is 4.25. The fourth-order valence-electron chi connectivity index (χ4n) is 2.04. The molecule has 1 aliphatic rings. The van der Waals surface area contributed by atoms with Gasteiger partial charge in [0.1, 0.15) is 11.4 Å². The third-order valence-electron chi connectivity index (χ3n) is 2.89. The van der Waals surface area contributed by atoms with Crippen molar-refractivity contribution >= 4 is 22.7 Å². The van der Waals surface area contributed by atoms with Gasteiger partial charge in [-0.05, 0) is 18.2 Å². The Hall–Kier alpha value is -2.17. The third kappa shape index (κ3) is 1.99. The minimum atomic E-state index is 0.0469. The lowest BCUT2D eigenvalue weighted by molar-refractivity contribution is 0.1000. The fourth-order valence-corrected chi connectivity index (χ4v) is 2.04. The minimum absolute atomic E-state index is 0.0469. The van der Waals surface area contributed by atoms with Crippen LogP contribution >= 0.6 is 0 Å². The summed E-state index contributed by atoms with van der Waals surface area (Å²) in [4.78, 5) is 20.5. The number of aliphatic imine (C=N–C) groups is 1. The predicted octanol–water partition coefficient (Wildman–Crippen LogP) is 1.71. The normalized spacial score (nSPS) is 14.6. The van der Waals surface area contributed by atoms with Gasteiger partial charge in [-0.15, -0.1) is 0 Å². The Balaban J connectivity index is 1.86. The van der Waals surface area contributed by atoms with E-state index in [4.69, 9.17) is 4.42 Å². The van der Waals surface area contributed by atoms with Crippen LogP contribution in [0.3, 0.4) is 0 Å². The average molecular weight is 243 g/mol. The molecule has 0 saturated heterocycles. The number of benzene rings is 1. The highest BCUT2D eigenvalue weighted by atomic mass is 16.3. The number of Topliss-reactive ketones (excluding diaryl/α,β-unsaturated/α-hetero) is 1. The number of rotatable bonds is 3. The molecule has 1 aliphatic heterocycles. The van der Waals surface area contributed by atoms with E-state index >= 15 is 0 Å². The van der Waals surface area contributed by atoms with Crippen LogP contribution in [0.2, 0.25) is 0 Å². The molecule has 0 saturated carbocycles. The van der Waals surface area contributed by atoms with Gasteiger partial charge in [0.05, 0.1) is 13.0 Å². The summed E-state index contributed by atoms with van der Waals surface area (Å²) in [6.45, 7) is 3.37. The smallest absolute Gasteiger partial charge is 0.192 e. The summed E-state index contributed by atoms with van der Waals surface area (Å²) < 4.78 is 5.38. The van der Waals surface area contributed by atoms with Gasteiger partial charge < -0.3 is 9.73 Å². The molecule has 1 aromatic heterocycles. The van der Waals surface area contributed by atoms with Crippen LogP contribution in [-0.2, 0) is 0 Å². The lowest BCUT2D eigenvalue weighted by Crippen LogP contribution is -2.21. The first-order chi connectivity index (χ1) is 8.72. The monoisotopic (exact) mass is 243 g/mol. The Morgan fingerprint density at radius 1 is 1.50 bits per heavy atom. The number of carbonyl (C=O) groups excluding carboxylic acids is 1. The zero-order valence-corrected chi connectivity index (χ0v) is 10.1. The van der Waals surface area contributed by atoms with Crippen LogP contribution in [0.15, 0.2) is 27.6 Å². The van der Waals surface area contributed by atoms with Gasteiger partial charge in [0.25, 0.3) is 0 Å². The number of nitrogens with one attached hydrogen (secondary N) is 1. The molecular formula is C13H13N3O2. The van der Waals surface area contributed by atoms with Crippen LogP contribution in [0.1, 0.15) is 22.7 Å². The lowest BCUT2D eigenvalue weighted by atomic mass is 10.1. The molecule has 18 heavy (non-hydrogen) atoms. The molecule has 5 nitrogen and oxygen atoms in total. The van der Waals surface area contributed by atoms with Crippen molar-refractivity contribution in [2.45, 2.75) is 13.3 Å². The number of aromatic nitrogens is 1. The molecule has 2 aromatic rings. The summed E-state index contributed by atoms with van der Waals surface area (Å²) in [5.41, 5.74) is 2.08. The van der Waals surface area contributed by atoms with E-state index in [1.54, 1.807) is 25.1 Å². The highest BCUT2D eigenvalue weighted by Crippen LogP contribution is 2.17. The van der Waals surface area contributed by atoms with E-state index in [0.717, 1.165) is 24.4 Å². The molecule has 1 N–H and O–H groups in total. The van der Waals surface area contributed by atoms with Crippen LogP contribution in [0, 0.1) is 6.92 Å². The molecule has 5 heteroatoms. The van der Waals surface area contributed by atoms with Gasteiger partial charge in [-0.2, -0.15) is 0 Å². The number of carbonyl (C=O) groups is 1. The number of aryl methyl sites for hydroxylation is 1. The lowest BCUT2D eigenvalue weighted by Gasteiger charge is -2.01. The van der Waals surface area contributed by atoms with Gasteiger partial charge in [0.15, 0.2) is 17.3 Å². The molecule has 92 valence electrons. The Labute approximate surface area is 104 Å². The number of ketones is 1. The summed E-state index contributed by atoms with van der Waals surface area (Å²) in [5.74, 6) is 1.43. The topological polar surface area (TPSA) is 67.5 Å². The summed E-state index contributed by atoms with van der Waals surface area (Å²) >= 11 is 0. The van der Waals surface area contributed by atoms with E-state index in [9.17, 15) is 4.79 Å². The first-order valence-corrected chi connectivity index (χ1v) is 5.90. The molecule has 1 aromatic carbocycles. The zero-order chi connectivity index (χ0) is 12.5. The number of hydrogen-bond donors (Lipinski definition) is 1. The van der Waals surface area contributed by atoms with E-state index < -0.39 is 0 Å². The summed E-state index contributed by atoms with van der Waals surface area (Å²) in [5, 5.41) is 3.09. The zero-order valence-electron chi connectivity index (χ0n) is 10.1. The van der Waals surface area contributed by atoms with Gasteiger partial charge in [-0.3, -0.25) is 9.79 Å². The first-order valence-electron chi connectivity index (χ1n) is 5.90. The van der Waals surface area contributed by atoms with Crippen LogP contribution in [0.25, 0.3) is 11.1 Å². The molecule has 0 unspecified atom stereocenters. The van der Waals surface area contributed by atoms with E-state index in [1.165, 1.54) is 0 Å². The van der Waals surface area contributed by atoms with Gasteiger partial charge in [-0.25, -0.2) is 4.98 Å². The van der Waals surface area contributed by atoms with Crippen LogP contribution in [0.4, 0.5) is 0 Å². The Morgan fingerprint density at radius 2 is 2.39 bits per heavy atom. The van der Waals surface area contributed by atoms with E-state index in [2.05, 4.69) is 15.3 Å². The fraction of sp³-hybridized carbons (Fsp3) is 0.308. The standard InChI is InChI=1S/C13H13N3O2/c1-8-16-10-6-9(2-3-12(10)18-8)11(17)7-13-14-4-5-15-13/h2-3,6H,4-5,7H2,1H3,(H,14,15). The van der Waals surface area contributed by atoms with Crippen molar-refractivity contribution in [2.24, 2.45) is 4.99 Å². The molecule has 3 rings (SSSR count). The van der Waals surface area contributed by atoms with Crippen LogP contribution in [-0.4, -0.2) is 29.7 Å². The maximum absolute atomic E-state index is 12.1. The number of fused-ring (bicyclic) bond motifs is 1. The van der Waals surface area contributed by atoms with Gasteiger partial charge in [0.2, 0.25) is 0 Å². The molecule has 0 aliphatic carbocycles. The highest BCUT2D eigenvalue weighted by Gasteiger charge is 2.14. The van der Waals surface area contributed by atoms with Crippen molar-refractivity contribution in [3.63, 3.8) is 0 Å². The van der Waals surface area contributed by atoms with E-state index in [0.29, 0.717) is 23.5 Å². The molecule has 0 spiro atoms. The summed E-state index contributed by atoms with van der Waals surface area (Å²) in [6.07, 6.45) is 0.322. The molecule has 0 fully saturated rings. The Kier molecular flexibility index (Phi) is 2.59. The summed E-state index contributed by atoms with van der Waals surface area (Å²) in [6, 6.07) is 5.32. The molecule has 0 atom stereocenters. The number of nitrogens with zero attached hydrogens (tertiary/aromatic N) is 2. The van der Waals surface area contributed by atoms with Crippen molar-refractivity contribution in [1.29, 1.82) is 0 Å². The number of amidine groups is 1. The van der Waals surface area contributed by atoms with Crippen LogP contribution in [0.5, 0.6) is 0 Å². The van der Waals surface area contributed by atoms with Crippen molar-refractivity contribution in [3.8, 4) is 0 Å². The first kappa shape index (κ1) is 11.0. The van der Waals surface area contributed by atoms with Crippen molar-refractivity contribution < 1.29 is 9.21 Å². The number of hydrogen-bond acceptors (Lipinski definition) is 5. The summed E-state index contributed by atoms with van der Waals surface area (Å²) in [7, 11) is 0. The maximum atomic E-state index is 12.1. The quantitative estimate of drug-likeness (QED) is 0.833. The maximum Gasteiger partial charge on any atom is 0.192 e. The SMILES string of the molecule is Cc1nc2cc(C(=O)CC3=NCCN3)ccc2o1. The molecule has 0 radical (unpaired) electrons. The van der Waals surface area contributed by atoms with Gasteiger partial charge in [-0.1, -0.05) is 0 Å². The molecular weight excluding hydrogens is 230 g/mol. The molecule has 0 amide bonds. The van der Waals surface area contributed by atoms with Crippen LogP contribution < -0.4 is 5.32 Å². The third-order valence-corrected chi connectivity index (χ3v) is 2.89.